The fourth-order valence-corrected chi connectivity index (χ4v) is 3.49. The summed E-state index contributed by atoms with van der Waals surface area (Å²) in [6, 6.07) is 14.8. The lowest BCUT2D eigenvalue weighted by Crippen LogP contribution is -2.00. The molecule has 0 saturated heterocycles. The molecule has 0 fully saturated rings. The molecule has 0 N–H and O–H groups in total. The van der Waals surface area contributed by atoms with Gasteiger partial charge in [0.1, 0.15) is 5.58 Å². The molecule has 0 aliphatic carbocycles. The molecule has 0 aliphatic heterocycles. The Morgan fingerprint density at radius 1 is 1.10 bits per heavy atom. The highest BCUT2D eigenvalue weighted by Crippen LogP contribution is 2.31. The summed E-state index contributed by atoms with van der Waals surface area (Å²) in [4.78, 5) is 16.8. The van der Waals surface area contributed by atoms with Crippen LogP contribution in [0.1, 0.15) is 0 Å². The fraction of sp³-hybridized carbons (Fsp3) is 0. The van der Waals surface area contributed by atoms with Crippen LogP contribution in [-0.4, -0.2) is 4.98 Å². The van der Waals surface area contributed by atoms with E-state index in [2.05, 4.69) is 20.9 Å². The van der Waals surface area contributed by atoms with Gasteiger partial charge in [0.15, 0.2) is 16.2 Å². The lowest BCUT2D eigenvalue weighted by atomic mass is 10.2. The summed E-state index contributed by atoms with van der Waals surface area (Å²) in [6.45, 7) is 0. The van der Waals surface area contributed by atoms with E-state index in [1.165, 1.54) is 17.4 Å². The molecule has 0 aliphatic rings. The molecular weight excluding hydrogens is 350 g/mol. The number of halogens is 1. The van der Waals surface area contributed by atoms with Crippen LogP contribution in [0.5, 0.6) is 0 Å². The molecule has 3 nitrogen and oxygen atoms in total. The number of nitrogens with zero attached hydrogens (tertiary/aromatic N) is 1. The van der Waals surface area contributed by atoms with Crippen molar-refractivity contribution in [3.05, 3.63) is 63.2 Å². The molecule has 0 unspecified atom stereocenters. The normalized spacial score (nSPS) is 11.3. The highest BCUT2D eigenvalue weighted by Gasteiger charge is 2.11. The van der Waals surface area contributed by atoms with E-state index in [0.717, 1.165) is 19.7 Å². The van der Waals surface area contributed by atoms with Crippen molar-refractivity contribution in [3.63, 3.8) is 0 Å². The predicted octanol–water partition coefficient (Wildman–Crippen LogP) is 4.83. The number of hydrogen-bond acceptors (Lipinski definition) is 4. The van der Waals surface area contributed by atoms with Crippen LogP contribution < -0.4 is 5.43 Å². The summed E-state index contributed by atoms with van der Waals surface area (Å²) < 4.78 is 7.77. The third-order valence-corrected chi connectivity index (χ3v) is 4.74. The molecular formula is C16H8BrNO2S. The van der Waals surface area contributed by atoms with Crippen molar-refractivity contribution < 1.29 is 4.42 Å². The third kappa shape index (κ3) is 2.18. The van der Waals surface area contributed by atoms with Crippen LogP contribution in [0.25, 0.3) is 32.0 Å². The molecule has 0 saturated carbocycles. The highest BCUT2D eigenvalue weighted by atomic mass is 79.9. The van der Waals surface area contributed by atoms with E-state index in [-0.39, 0.29) is 5.43 Å². The van der Waals surface area contributed by atoms with Crippen LogP contribution in [0.3, 0.4) is 0 Å². The molecule has 4 rings (SSSR count). The van der Waals surface area contributed by atoms with Crippen LogP contribution in [0.2, 0.25) is 0 Å². The van der Waals surface area contributed by atoms with E-state index < -0.39 is 0 Å². The summed E-state index contributed by atoms with van der Waals surface area (Å²) in [5.41, 5.74) is 1.42. The molecule has 102 valence electrons. The zero-order chi connectivity index (χ0) is 14.4. The van der Waals surface area contributed by atoms with Crippen molar-refractivity contribution in [2.45, 2.75) is 0 Å². The molecule has 0 spiro atoms. The summed E-state index contributed by atoms with van der Waals surface area (Å²) in [5.74, 6) is 0.510. The van der Waals surface area contributed by atoms with Crippen LogP contribution in [0.15, 0.2) is 62.2 Å². The average Bonchev–Trinajstić information content (AvgIpc) is 2.92. The molecule has 2 aromatic heterocycles. The molecule has 5 heteroatoms. The van der Waals surface area contributed by atoms with Crippen LogP contribution >= 0.6 is 27.3 Å². The van der Waals surface area contributed by atoms with Crippen molar-refractivity contribution in [2.75, 3.05) is 0 Å². The Kier molecular flexibility index (Phi) is 2.90. The van der Waals surface area contributed by atoms with Crippen molar-refractivity contribution in [1.82, 2.24) is 4.98 Å². The second-order valence-corrected chi connectivity index (χ2v) is 6.55. The van der Waals surface area contributed by atoms with E-state index in [4.69, 9.17) is 4.42 Å². The largest absolute Gasteiger partial charge is 0.453 e. The number of aromatic nitrogens is 1. The third-order valence-electron chi connectivity index (χ3n) is 3.19. The maximum atomic E-state index is 12.2. The second kappa shape index (κ2) is 4.79. The van der Waals surface area contributed by atoms with Gasteiger partial charge in [-0.05, 0) is 30.3 Å². The zero-order valence-corrected chi connectivity index (χ0v) is 13.1. The van der Waals surface area contributed by atoms with Crippen LogP contribution in [-0.2, 0) is 0 Å². The van der Waals surface area contributed by atoms with Crippen LogP contribution in [0.4, 0.5) is 0 Å². The van der Waals surface area contributed by atoms with Gasteiger partial charge < -0.3 is 4.42 Å². The summed E-state index contributed by atoms with van der Waals surface area (Å²) in [5, 5.41) is 1.28. The average molecular weight is 358 g/mol. The maximum absolute atomic E-state index is 12.2. The standard InChI is InChI=1S/C16H8BrNO2S/c17-9-5-6-13-10(7-9)12(19)8-14(20-13)16-18-11-3-1-2-4-15(11)21-16/h1-8H. The van der Waals surface area contributed by atoms with E-state index >= 15 is 0 Å². The minimum absolute atomic E-state index is 0.0631. The Labute approximate surface area is 132 Å². The van der Waals surface area contributed by atoms with E-state index in [9.17, 15) is 4.79 Å². The minimum atomic E-state index is -0.0631. The SMILES string of the molecule is O=c1cc(-c2nc3ccccc3s2)oc2ccc(Br)cc12. The van der Waals surface area contributed by atoms with Gasteiger partial charge in [-0.25, -0.2) is 4.98 Å². The van der Waals surface area contributed by atoms with Gasteiger partial charge in [-0.3, -0.25) is 4.79 Å². The van der Waals surface area contributed by atoms with E-state index in [1.807, 2.05) is 30.3 Å². The summed E-state index contributed by atoms with van der Waals surface area (Å²) in [7, 11) is 0. The minimum Gasteiger partial charge on any atom is -0.453 e. The molecule has 0 radical (unpaired) electrons. The Morgan fingerprint density at radius 3 is 2.81 bits per heavy atom. The molecule has 2 heterocycles. The predicted molar refractivity (Wildman–Crippen MR) is 88.8 cm³/mol. The highest BCUT2D eigenvalue weighted by molar-refractivity contribution is 9.10. The number of para-hydroxylation sites is 1. The number of fused-ring (bicyclic) bond motifs is 2. The fourth-order valence-electron chi connectivity index (χ4n) is 2.21. The van der Waals surface area contributed by atoms with Gasteiger partial charge in [0, 0.05) is 10.5 Å². The van der Waals surface area contributed by atoms with Gasteiger partial charge in [0.2, 0.25) is 0 Å². The maximum Gasteiger partial charge on any atom is 0.193 e. The van der Waals surface area contributed by atoms with Gasteiger partial charge in [0.05, 0.1) is 15.6 Å². The first kappa shape index (κ1) is 12.7. The Bertz CT molecular complexity index is 1000. The molecule has 0 bridgehead atoms. The Balaban J connectivity index is 1.98. The van der Waals surface area contributed by atoms with Crippen LogP contribution in [0, 0.1) is 0 Å². The quantitative estimate of drug-likeness (QED) is 0.489. The van der Waals surface area contributed by atoms with Gasteiger partial charge in [-0.2, -0.15) is 0 Å². The number of hydrogen-bond donors (Lipinski definition) is 0. The smallest absolute Gasteiger partial charge is 0.193 e. The number of benzene rings is 2. The van der Waals surface area contributed by atoms with Crippen molar-refractivity contribution >= 4 is 48.5 Å². The molecule has 4 aromatic rings. The first-order valence-corrected chi connectivity index (χ1v) is 7.91. The first-order valence-electron chi connectivity index (χ1n) is 6.30. The van der Waals surface area contributed by atoms with Crippen molar-refractivity contribution in [1.29, 1.82) is 0 Å². The van der Waals surface area contributed by atoms with E-state index in [0.29, 0.717) is 16.7 Å². The zero-order valence-electron chi connectivity index (χ0n) is 10.7. The molecule has 2 aromatic carbocycles. The molecule has 21 heavy (non-hydrogen) atoms. The monoisotopic (exact) mass is 357 g/mol. The van der Waals surface area contributed by atoms with Gasteiger partial charge >= 0.3 is 0 Å². The van der Waals surface area contributed by atoms with E-state index in [1.54, 1.807) is 12.1 Å². The van der Waals surface area contributed by atoms with Gasteiger partial charge in [-0.1, -0.05) is 28.1 Å². The lowest BCUT2D eigenvalue weighted by Gasteiger charge is -2.00. The number of rotatable bonds is 1. The van der Waals surface area contributed by atoms with Crippen molar-refractivity contribution in [3.8, 4) is 10.8 Å². The second-order valence-electron chi connectivity index (χ2n) is 4.60. The summed E-state index contributed by atoms with van der Waals surface area (Å²) in [6.07, 6.45) is 0. The Hall–Kier alpha value is -1.98. The molecule has 0 atom stereocenters. The number of thiazole rings is 1. The van der Waals surface area contributed by atoms with Gasteiger partial charge in [0.25, 0.3) is 0 Å². The first-order chi connectivity index (χ1) is 10.2. The molecule has 0 amide bonds. The lowest BCUT2D eigenvalue weighted by molar-refractivity contribution is 0.618. The summed E-state index contributed by atoms with van der Waals surface area (Å²) >= 11 is 4.88. The topological polar surface area (TPSA) is 43.1 Å². The Morgan fingerprint density at radius 2 is 1.95 bits per heavy atom. The van der Waals surface area contributed by atoms with Crippen molar-refractivity contribution in [2.24, 2.45) is 0 Å². The van der Waals surface area contributed by atoms with Gasteiger partial charge in [-0.15, -0.1) is 11.3 Å².